The minimum Gasteiger partial charge on any atom is -0.508 e. The number of carbonyl (C=O) groups is 1. The van der Waals surface area contributed by atoms with Crippen molar-refractivity contribution in [1.29, 1.82) is 0 Å². The van der Waals surface area contributed by atoms with Crippen molar-refractivity contribution in [3.05, 3.63) is 65.7 Å². The quantitative estimate of drug-likeness (QED) is 0.665. The molecule has 5 rings (SSSR count). The van der Waals surface area contributed by atoms with Crippen molar-refractivity contribution in [2.75, 3.05) is 13.1 Å². The Morgan fingerprint density at radius 3 is 2.69 bits per heavy atom. The molecule has 5 nitrogen and oxygen atoms in total. The van der Waals surface area contributed by atoms with E-state index in [9.17, 15) is 15.0 Å². The van der Waals surface area contributed by atoms with Crippen molar-refractivity contribution in [3.63, 3.8) is 0 Å². The fraction of sp³-hybridized carbons (Fsp3) is 0.519. The number of benzene rings is 2. The lowest BCUT2D eigenvalue weighted by molar-refractivity contribution is -0.149. The van der Waals surface area contributed by atoms with Gasteiger partial charge in [-0.15, -0.1) is 0 Å². The van der Waals surface area contributed by atoms with Crippen LogP contribution in [-0.2, 0) is 16.6 Å². The molecular formula is C27H34N2O3. The molecule has 0 spiro atoms. The summed E-state index contributed by atoms with van der Waals surface area (Å²) >= 11 is 0. The van der Waals surface area contributed by atoms with Gasteiger partial charge in [0.15, 0.2) is 0 Å². The Hall–Kier alpha value is -2.37. The number of nitrogens with zero attached hydrogens (tertiary/aromatic N) is 1. The summed E-state index contributed by atoms with van der Waals surface area (Å²) in [6, 6.07) is 18.2. The molecule has 1 saturated carbocycles. The van der Waals surface area contributed by atoms with Gasteiger partial charge in [-0.2, -0.15) is 0 Å². The molecule has 3 N–H and O–H groups in total. The Morgan fingerprint density at radius 2 is 1.94 bits per heavy atom. The number of carboxylic acids is 1. The normalized spacial score (nSPS) is 35.0. The molecule has 170 valence electrons. The Labute approximate surface area is 190 Å². The Balaban J connectivity index is 1.47. The summed E-state index contributed by atoms with van der Waals surface area (Å²) in [5, 5.41) is 24.0. The van der Waals surface area contributed by atoms with E-state index >= 15 is 0 Å². The van der Waals surface area contributed by atoms with E-state index in [1.54, 1.807) is 6.07 Å². The number of likely N-dealkylation sites (tertiary alicyclic amines) is 1. The fourth-order valence-corrected chi connectivity index (χ4v) is 7.16. The summed E-state index contributed by atoms with van der Waals surface area (Å²) < 4.78 is 0. The minimum atomic E-state index is -0.955. The number of piperidine rings is 1. The number of phenols is 1. The molecule has 5 atom stereocenters. The van der Waals surface area contributed by atoms with Crippen LogP contribution >= 0.6 is 0 Å². The van der Waals surface area contributed by atoms with E-state index in [4.69, 9.17) is 0 Å². The third kappa shape index (κ3) is 3.34. The summed E-state index contributed by atoms with van der Waals surface area (Å²) in [5.74, 6) is 0.00845. The maximum atomic E-state index is 12.7. The molecule has 0 aromatic heterocycles. The molecule has 2 aromatic rings. The third-order valence-electron chi connectivity index (χ3n) is 8.77. The number of hydrogen-bond donors (Lipinski definition) is 3. The van der Waals surface area contributed by atoms with Gasteiger partial charge in [0.25, 0.3) is 0 Å². The molecule has 3 fully saturated rings. The van der Waals surface area contributed by atoms with E-state index in [2.05, 4.69) is 23.2 Å². The lowest BCUT2D eigenvalue weighted by Crippen LogP contribution is -2.67. The summed E-state index contributed by atoms with van der Waals surface area (Å²) in [5.41, 5.74) is 1.42. The van der Waals surface area contributed by atoms with Crippen molar-refractivity contribution in [1.82, 2.24) is 10.2 Å². The number of carboxylic acid groups (broad SMARTS) is 1. The molecule has 2 bridgehead atoms. The number of rotatable bonds is 5. The molecule has 3 aliphatic rings. The second-order valence-corrected chi connectivity index (χ2v) is 10.1. The van der Waals surface area contributed by atoms with Crippen LogP contribution in [0.3, 0.4) is 0 Å². The maximum Gasteiger partial charge on any atom is 0.325 e. The lowest BCUT2D eigenvalue weighted by Gasteiger charge is -2.58. The van der Waals surface area contributed by atoms with E-state index in [0.717, 1.165) is 50.8 Å². The molecule has 32 heavy (non-hydrogen) atoms. The van der Waals surface area contributed by atoms with Crippen molar-refractivity contribution < 1.29 is 15.0 Å². The van der Waals surface area contributed by atoms with Gasteiger partial charge in [0.05, 0.1) is 0 Å². The standard InChI is InChI=1S/C27H34N2O3/c1-19-23-11-6-13-26(19,21-9-5-10-22(30)17-21)14-16-29(23)24-12-15-28-27(24,25(31)32)18-20-7-3-2-4-8-20/h2-5,7-10,17,19,23-24,28,30H,6,11-16,18H2,1H3,(H,31,32). The second kappa shape index (κ2) is 8.20. The summed E-state index contributed by atoms with van der Waals surface area (Å²) in [6.45, 7) is 3.99. The summed E-state index contributed by atoms with van der Waals surface area (Å²) in [6.07, 6.45) is 5.76. The van der Waals surface area contributed by atoms with Gasteiger partial charge in [-0.25, -0.2) is 0 Å². The summed E-state index contributed by atoms with van der Waals surface area (Å²) in [7, 11) is 0. The summed E-state index contributed by atoms with van der Waals surface area (Å²) in [4.78, 5) is 15.3. The highest BCUT2D eigenvalue weighted by Crippen LogP contribution is 2.52. The molecule has 0 amide bonds. The van der Waals surface area contributed by atoms with E-state index in [1.165, 1.54) is 5.56 Å². The zero-order chi connectivity index (χ0) is 22.3. The van der Waals surface area contributed by atoms with Crippen LogP contribution in [0, 0.1) is 5.92 Å². The molecule has 0 radical (unpaired) electrons. The van der Waals surface area contributed by atoms with E-state index in [-0.39, 0.29) is 11.5 Å². The molecule has 2 saturated heterocycles. The fourth-order valence-electron chi connectivity index (χ4n) is 7.16. The molecule has 2 aliphatic heterocycles. The van der Waals surface area contributed by atoms with Crippen LogP contribution in [0.25, 0.3) is 0 Å². The predicted molar refractivity (Wildman–Crippen MR) is 125 cm³/mol. The van der Waals surface area contributed by atoms with Crippen molar-refractivity contribution in [2.45, 2.75) is 68.5 Å². The molecular weight excluding hydrogens is 400 g/mol. The molecule has 5 unspecified atom stereocenters. The number of phenolic OH excluding ortho intramolecular Hbond substituents is 1. The second-order valence-electron chi connectivity index (χ2n) is 10.1. The van der Waals surface area contributed by atoms with Crippen molar-refractivity contribution >= 4 is 5.97 Å². The predicted octanol–water partition coefficient (Wildman–Crippen LogP) is 3.95. The highest BCUT2D eigenvalue weighted by molar-refractivity contribution is 5.81. The van der Waals surface area contributed by atoms with Crippen LogP contribution in [0.2, 0.25) is 0 Å². The first-order valence-corrected chi connectivity index (χ1v) is 12.0. The monoisotopic (exact) mass is 434 g/mol. The van der Waals surface area contributed by atoms with Gasteiger partial charge in [0.2, 0.25) is 0 Å². The number of fused-ring (bicyclic) bond motifs is 2. The van der Waals surface area contributed by atoms with Crippen LogP contribution in [0.15, 0.2) is 54.6 Å². The first kappa shape index (κ1) is 21.5. The first-order valence-electron chi connectivity index (χ1n) is 12.0. The average molecular weight is 435 g/mol. The number of hydrogen-bond acceptors (Lipinski definition) is 4. The largest absolute Gasteiger partial charge is 0.508 e. The highest BCUT2D eigenvalue weighted by atomic mass is 16.4. The molecule has 2 aromatic carbocycles. The SMILES string of the molecule is CC1C2CCCC1(c1cccc(O)c1)CCN2C1CCNC1(Cc1ccccc1)C(=O)O. The Bertz CT molecular complexity index is 980. The van der Waals surface area contributed by atoms with E-state index in [0.29, 0.717) is 24.1 Å². The van der Waals surface area contributed by atoms with Gasteiger partial charge in [0.1, 0.15) is 11.3 Å². The van der Waals surface area contributed by atoms with Crippen molar-refractivity contribution in [2.24, 2.45) is 5.92 Å². The van der Waals surface area contributed by atoms with Gasteiger partial charge < -0.3 is 15.5 Å². The van der Waals surface area contributed by atoms with Gasteiger partial charge >= 0.3 is 5.97 Å². The number of aromatic hydroxyl groups is 1. The van der Waals surface area contributed by atoms with Crippen molar-refractivity contribution in [3.8, 4) is 5.75 Å². The van der Waals surface area contributed by atoms with Crippen LogP contribution in [0.1, 0.15) is 50.2 Å². The smallest absolute Gasteiger partial charge is 0.325 e. The van der Waals surface area contributed by atoms with E-state index in [1.807, 2.05) is 42.5 Å². The van der Waals surface area contributed by atoms with Gasteiger partial charge in [-0.1, -0.05) is 55.8 Å². The maximum absolute atomic E-state index is 12.7. The lowest BCUT2D eigenvalue weighted by atomic mass is 9.57. The Morgan fingerprint density at radius 1 is 1.12 bits per heavy atom. The van der Waals surface area contributed by atoms with Crippen LogP contribution in [0.5, 0.6) is 5.75 Å². The van der Waals surface area contributed by atoms with Crippen LogP contribution < -0.4 is 5.32 Å². The molecule has 5 heteroatoms. The number of nitrogens with one attached hydrogen (secondary N) is 1. The zero-order valence-corrected chi connectivity index (χ0v) is 18.8. The van der Waals surface area contributed by atoms with Gasteiger partial charge in [-0.05, 0) is 68.0 Å². The minimum absolute atomic E-state index is 0.0204. The zero-order valence-electron chi connectivity index (χ0n) is 18.8. The number of aliphatic carboxylic acids is 1. The molecule has 2 heterocycles. The van der Waals surface area contributed by atoms with E-state index < -0.39 is 11.5 Å². The van der Waals surface area contributed by atoms with Crippen LogP contribution in [0.4, 0.5) is 0 Å². The average Bonchev–Trinajstić information content (AvgIpc) is 3.19. The molecule has 1 aliphatic carbocycles. The van der Waals surface area contributed by atoms with Gasteiger partial charge in [-0.3, -0.25) is 9.69 Å². The van der Waals surface area contributed by atoms with Crippen LogP contribution in [-0.4, -0.2) is 51.8 Å². The Kier molecular flexibility index (Phi) is 5.50. The first-order chi connectivity index (χ1) is 15.5. The highest BCUT2D eigenvalue weighted by Gasteiger charge is 2.57. The third-order valence-corrected chi connectivity index (χ3v) is 8.77. The topological polar surface area (TPSA) is 72.8 Å². The van der Waals surface area contributed by atoms with Gasteiger partial charge in [0, 0.05) is 23.9 Å².